The number of ether oxygens (including phenoxy) is 2. The molecule has 0 saturated heterocycles. The molecule has 0 bridgehead atoms. The standard InChI is InChI=1S/C10H14O5/c1-5-8(12)14-10(7(4)11)15-9(13)6(2)3/h5,7,10-11H,1-2H2,3-4H3. The van der Waals surface area contributed by atoms with E-state index < -0.39 is 24.3 Å². The van der Waals surface area contributed by atoms with Crippen molar-refractivity contribution in [1.82, 2.24) is 0 Å². The van der Waals surface area contributed by atoms with Crippen molar-refractivity contribution in [2.24, 2.45) is 0 Å². The number of carbonyl (C=O) groups is 2. The zero-order valence-corrected chi connectivity index (χ0v) is 8.73. The Morgan fingerprint density at radius 1 is 1.40 bits per heavy atom. The number of hydrogen-bond acceptors (Lipinski definition) is 5. The minimum Gasteiger partial charge on any atom is -0.419 e. The van der Waals surface area contributed by atoms with Crippen molar-refractivity contribution >= 4 is 11.9 Å². The highest BCUT2D eigenvalue weighted by atomic mass is 16.7. The molecule has 2 unspecified atom stereocenters. The third-order valence-corrected chi connectivity index (χ3v) is 1.36. The Morgan fingerprint density at radius 3 is 2.27 bits per heavy atom. The Bertz CT molecular complexity index is 280. The maximum atomic E-state index is 11.1. The van der Waals surface area contributed by atoms with Crippen LogP contribution in [0.2, 0.25) is 0 Å². The summed E-state index contributed by atoms with van der Waals surface area (Å²) in [4.78, 5) is 21.9. The molecule has 0 radical (unpaired) electrons. The van der Waals surface area contributed by atoms with Gasteiger partial charge in [-0.3, -0.25) is 0 Å². The predicted octanol–water partition coefficient (Wildman–Crippen LogP) is 0.542. The van der Waals surface area contributed by atoms with Crippen LogP contribution in [0.3, 0.4) is 0 Å². The molecule has 0 amide bonds. The van der Waals surface area contributed by atoms with Crippen molar-refractivity contribution in [1.29, 1.82) is 0 Å². The summed E-state index contributed by atoms with van der Waals surface area (Å²) in [6.45, 7) is 9.29. The highest BCUT2D eigenvalue weighted by molar-refractivity contribution is 5.87. The number of hydrogen-bond donors (Lipinski definition) is 1. The topological polar surface area (TPSA) is 72.8 Å². The molecule has 0 spiro atoms. The monoisotopic (exact) mass is 214 g/mol. The van der Waals surface area contributed by atoms with E-state index in [9.17, 15) is 9.59 Å². The molecule has 0 heterocycles. The lowest BCUT2D eigenvalue weighted by atomic mass is 10.3. The maximum Gasteiger partial charge on any atom is 0.336 e. The van der Waals surface area contributed by atoms with Crippen LogP contribution in [0.5, 0.6) is 0 Å². The summed E-state index contributed by atoms with van der Waals surface area (Å²) in [6.07, 6.45) is -1.57. The van der Waals surface area contributed by atoms with Gasteiger partial charge in [0.15, 0.2) is 0 Å². The predicted molar refractivity (Wildman–Crippen MR) is 52.7 cm³/mol. The van der Waals surface area contributed by atoms with Crippen LogP contribution in [0.4, 0.5) is 0 Å². The Hall–Kier alpha value is -1.62. The smallest absolute Gasteiger partial charge is 0.336 e. The molecule has 5 nitrogen and oxygen atoms in total. The minimum absolute atomic E-state index is 0.148. The van der Waals surface area contributed by atoms with Crippen LogP contribution >= 0.6 is 0 Å². The van der Waals surface area contributed by atoms with Crippen molar-refractivity contribution < 1.29 is 24.2 Å². The van der Waals surface area contributed by atoms with Crippen LogP contribution in [-0.2, 0) is 19.1 Å². The van der Waals surface area contributed by atoms with Gasteiger partial charge in [0.2, 0.25) is 0 Å². The lowest BCUT2D eigenvalue weighted by Crippen LogP contribution is -2.33. The van der Waals surface area contributed by atoms with Crippen LogP contribution in [0.1, 0.15) is 13.8 Å². The Morgan fingerprint density at radius 2 is 1.93 bits per heavy atom. The second kappa shape index (κ2) is 5.98. The Kier molecular flexibility index (Phi) is 5.33. The fourth-order valence-corrected chi connectivity index (χ4v) is 0.590. The van der Waals surface area contributed by atoms with E-state index in [2.05, 4.69) is 22.6 Å². The van der Waals surface area contributed by atoms with Crippen molar-refractivity contribution in [3.63, 3.8) is 0 Å². The molecule has 1 N–H and O–H groups in total. The Labute approximate surface area is 88.0 Å². The zero-order chi connectivity index (χ0) is 12.0. The van der Waals surface area contributed by atoms with Gasteiger partial charge in [-0.2, -0.15) is 0 Å². The van der Waals surface area contributed by atoms with E-state index in [0.717, 1.165) is 6.08 Å². The molecule has 0 aromatic heterocycles. The largest absolute Gasteiger partial charge is 0.419 e. The molecule has 0 rings (SSSR count). The normalized spacial score (nSPS) is 13.5. The molecule has 2 atom stereocenters. The maximum absolute atomic E-state index is 11.1. The highest BCUT2D eigenvalue weighted by Crippen LogP contribution is 2.05. The molecule has 0 aromatic rings. The lowest BCUT2D eigenvalue weighted by molar-refractivity contribution is -0.198. The molecular formula is C10H14O5. The number of esters is 2. The molecule has 84 valence electrons. The molecule has 0 aliphatic carbocycles. The van der Waals surface area contributed by atoms with Gasteiger partial charge in [0, 0.05) is 11.6 Å². The van der Waals surface area contributed by atoms with Crippen molar-refractivity contribution in [2.45, 2.75) is 26.2 Å². The van der Waals surface area contributed by atoms with Gasteiger partial charge in [0.1, 0.15) is 6.10 Å². The van der Waals surface area contributed by atoms with Crippen LogP contribution < -0.4 is 0 Å². The van der Waals surface area contributed by atoms with E-state index in [-0.39, 0.29) is 5.57 Å². The number of aliphatic hydroxyl groups is 1. The van der Waals surface area contributed by atoms with Crippen molar-refractivity contribution in [3.05, 3.63) is 24.8 Å². The first-order chi connectivity index (χ1) is 6.88. The zero-order valence-electron chi connectivity index (χ0n) is 8.73. The van der Waals surface area contributed by atoms with Crippen LogP contribution in [0.15, 0.2) is 24.8 Å². The minimum atomic E-state index is -1.35. The van der Waals surface area contributed by atoms with Gasteiger partial charge < -0.3 is 14.6 Å². The first-order valence-electron chi connectivity index (χ1n) is 4.26. The van der Waals surface area contributed by atoms with Crippen LogP contribution in [-0.4, -0.2) is 29.4 Å². The van der Waals surface area contributed by atoms with Gasteiger partial charge in [-0.15, -0.1) is 0 Å². The van der Waals surface area contributed by atoms with E-state index in [1.54, 1.807) is 0 Å². The second-order valence-electron chi connectivity index (χ2n) is 2.94. The van der Waals surface area contributed by atoms with Crippen LogP contribution in [0, 0.1) is 0 Å². The summed E-state index contributed by atoms with van der Waals surface area (Å²) in [7, 11) is 0. The summed E-state index contributed by atoms with van der Waals surface area (Å²) >= 11 is 0. The fraction of sp³-hybridized carbons (Fsp3) is 0.400. The summed E-state index contributed by atoms with van der Waals surface area (Å²) in [6, 6.07) is 0. The van der Waals surface area contributed by atoms with Gasteiger partial charge in [-0.1, -0.05) is 13.2 Å². The average Bonchev–Trinajstić information content (AvgIpc) is 2.15. The first kappa shape index (κ1) is 13.4. The summed E-state index contributed by atoms with van der Waals surface area (Å²) in [5.41, 5.74) is 0.148. The van der Waals surface area contributed by atoms with Crippen molar-refractivity contribution in [2.75, 3.05) is 0 Å². The summed E-state index contributed by atoms with van der Waals surface area (Å²) in [5.74, 6) is -1.52. The Balaban J connectivity index is 4.41. The summed E-state index contributed by atoms with van der Waals surface area (Å²) in [5, 5.41) is 9.17. The molecule has 0 saturated carbocycles. The average molecular weight is 214 g/mol. The lowest BCUT2D eigenvalue weighted by Gasteiger charge is -2.19. The van der Waals surface area contributed by atoms with E-state index in [0.29, 0.717) is 0 Å². The molecule has 0 aromatic carbocycles. The first-order valence-corrected chi connectivity index (χ1v) is 4.26. The van der Waals surface area contributed by atoms with Gasteiger partial charge in [0.25, 0.3) is 6.29 Å². The third kappa shape index (κ3) is 4.97. The van der Waals surface area contributed by atoms with E-state index >= 15 is 0 Å². The summed E-state index contributed by atoms with van der Waals surface area (Å²) < 4.78 is 9.26. The van der Waals surface area contributed by atoms with Gasteiger partial charge >= 0.3 is 11.9 Å². The molecule has 15 heavy (non-hydrogen) atoms. The molecule has 0 fully saturated rings. The second-order valence-corrected chi connectivity index (χ2v) is 2.94. The van der Waals surface area contributed by atoms with E-state index in [4.69, 9.17) is 5.11 Å². The number of rotatable bonds is 5. The van der Waals surface area contributed by atoms with Gasteiger partial charge in [-0.05, 0) is 13.8 Å². The number of aliphatic hydroxyl groups excluding tert-OH is 1. The molecule has 0 aliphatic heterocycles. The SMILES string of the molecule is C=CC(=O)OC(OC(=O)C(=C)C)C(C)O. The van der Waals surface area contributed by atoms with E-state index in [1.807, 2.05) is 0 Å². The van der Waals surface area contributed by atoms with Crippen molar-refractivity contribution in [3.8, 4) is 0 Å². The molecule has 5 heteroatoms. The number of carbonyl (C=O) groups excluding carboxylic acids is 2. The molecular weight excluding hydrogens is 200 g/mol. The quantitative estimate of drug-likeness (QED) is 0.411. The van der Waals surface area contributed by atoms with E-state index in [1.165, 1.54) is 13.8 Å². The van der Waals surface area contributed by atoms with Gasteiger partial charge in [0.05, 0.1) is 0 Å². The molecule has 0 aliphatic rings. The van der Waals surface area contributed by atoms with Gasteiger partial charge in [-0.25, -0.2) is 9.59 Å². The van der Waals surface area contributed by atoms with Crippen LogP contribution in [0.25, 0.3) is 0 Å². The third-order valence-electron chi connectivity index (χ3n) is 1.36. The fourth-order valence-electron chi connectivity index (χ4n) is 0.590. The highest BCUT2D eigenvalue weighted by Gasteiger charge is 2.23.